The van der Waals surface area contributed by atoms with Crippen molar-refractivity contribution in [3.05, 3.63) is 0 Å². The largest absolute Gasteiger partial charge is 0.496 e. The van der Waals surface area contributed by atoms with E-state index in [-0.39, 0.29) is 0 Å². The molecule has 0 aliphatic rings. The summed E-state index contributed by atoms with van der Waals surface area (Å²) in [4.78, 5) is 0. The van der Waals surface area contributed by atoms with Crippen molar-refractivity contribution in [1.29, 1.82) is 0 Å². The molecule has 0 amide bonds. The van der Waals surface area contributed by atoms with Gasteiger partial charge in [0.15, 0.2) is 0 Å². The van der Waals surface area contributed by atoms with E-state index in [2.05, 4.69) is 8.37 Å². The Morgan fingerprint density at radius 1 is 0.923 bits per heavy atom. The molecule has 0 aliphatic heterocycles. The molecule has 0 spiro atoms. The topological polar surface area (TPSA) is 86.7 Å². The molecule has 0 aromatic carbocycles. The molecule has 0 radical (unpaired) electrons. The minimum atomic E-state index is -5.51. The summed E-state index contributed by atoms with van der Waals surface area (Å²) in [5.41, 5.74) is 0. The third kappa shape index (κ3) is 1.95. The number of hydrogen-bond donors (Lipinski definition) is 0. The lowest BCUT2D eigenvalue weighted by Crippen LogP contribution is -2.39. The first-order chi connectivity index (χ1) is 5.62. The van der Waals surface area contributed by atoms with Crippen molar-refractivity contribution in [2.24, 2.45) is 0 Å². The van der Waals surface area contributed by atoms with Crippen molar-refractivity contribution < 1.29 is 34.0 Å². The van der Waals surface area contributed by atoms with Gasteiger partial charge in [-0.05, 0) is 0 Å². The highest BCUT2D eigenvalue weighted by Gasteiger charge is 2.59. The summed E-state index contributed by atoms with van der Waals surface area (Å²) in [5.74, 6) is 0. The maximum atomic E-state index is 12.6. The Morgan fingerprint density at radius 2 is 1.15 bits per heavy atom. The fraction of sp³-hybridized carbons (Fsp3) is 1.00. The Bertz CT molecular complexity index is 331. The summed E-state index contributed by atoms with van der Waals surface area (Å²) in [5, 5.41) is 0. The van der Waals surface area contributed by atoms with E-state index in [9.17, 15) is 25.6 Å². The molecule has 0 saturated heterocycles. The molecule has 0 N–H and O–H groups in total. The fourth-order valence-corrected chi connectivity index (χ4v) is 2.12. The van der Waals surface area contributed by atoms with Gasteiger partial charge in [-0.1, -0.05) is 0 Å². The van der Waals surface area contributed by atoms with Crippen LogP contribution in [0.3, 0.4) is 0 Å². The quantitative estimate of drug-likeness (QED) is 0.615. The fourth-order valence-electron chi connectivity index (χ4n) is 0.319. The molecular weight excluding hydrogens is 234 g/mol. The molecule has 10 heteroatoms. The van der Waals surface area contributed by atoms with E-state index in [1.165, 1.54) is 0 Å². The van der Waals surface area contributed by atoms with Gasteiger partial charge in [-0.25, -0.2) is 0 Å². The highest BCUT2D eigenvalue weighted by Crippen LogP contribution is 2.30. The van der Waals surface area contributed by atoms with Crippen LogP contribution in [0, 0.1) is 0 Å². The van der Waals surface area contributed by atoms with Crippen LogP contribution in [0.25, 0.3) is 0 Å². The van der Waals surface area contributed by atoms with Crippen LogP contribution in [0.5, 0.6) is 0 Å². The van der Waals surface area contributed by atoms with Gasteiger partial charge in [0, 0.05) is 0 Å². The van der Waals surface area contributed by atoms with Crippen LogP contribution in [-0.2, 0) is 28.6 Å². The van der Waals surface area contributed by atoms with Crippen LogP contribution in [-0.4, -0.2) is 35.6 Å². The number of halogens is 2. The van der Waals surface area contributed by atoms with Gasteiger partial charge < -0.3 is 0 Å². The number of alkyl halides is 2. The van der Waals surface area contributed by atoms with E-state index in [1.807, 2.05) is 0 Å². The summed E-state index contributed by atoms with van der Waals surface area (Å²) >= 11 is 0. The standard InChI is InChI=1S/C3H6F2O6S2/c1-10-12(6,7)3(4,5)13(8,9)11-2/h1-2H3. The summed E-state index contributed by atoms with van der Waals surface area (Å²) < 4.78 is 68.3. The average Bonchev–Trinajstić information content (AvgIpc) is 2.03. The molecule has 0 bridgehead atoms. The first kappa shape index (κ1) is 12.7. The molecular formula is C3H6F2O6S2. The number of rotatable bonds is 4. The Labute approximate surface area is 73.7 Å². The van der Waals surface area contributed by atoms with Crippen LogP contribution in [0.1, 0.15) is 0 Å². The maximum Gasteiger partial charge on any atom is 0.496 e. The van der Waals surface area contributed by atoms with Crippen molar-refractivity contribution in [2.75, 3.05) is 14.2 Å². The molecule has 0 aromatic rings. The number of hydrogen-bond acceptors (Lipinski definition) is 6. The lowest BCUT2D eigenvalue weighted by molar-refractivity contribution is 0.143. The molecule has 0 saturated carbocycles. The minimum absolute atomic E-state index is 0.411. The zero-order valence-electron chi connectivity index (χ0n) is 6.52. The van der Waals surface area contributed by atoms with E-state index >= 15 is 0 Å². The van der Waals surface area contributed by atoms with E-state index in [0.29, 0.717) is 14.2 Å². The van der Waals surface area contributed by atoms with Crippen LogP contribution in [0.2, 0.25) is 0 Å². The van der Waals surface area contributed by atoms with Crippen LogP contribution < -0.4 is 0 Å². The summed E-state index contributed by atoms with van der Waals surface area (Å²) in [6.07, 6.45) is 0. The predicted octanol–water partition coefficient (Wildman–Crippen LogP) is -0.511. The third-order valence-corrected chi connectivity index (χ3v) is 4.29. The second-order valence-corrected chi connectivity index (χ2v) is 5.47. The summed E-state index contributed by atoms with van der Waals surface area (Å²) in [7, 11) is -10.2. The highest BCUT2D eigenvalue weighted by molar-refractivity contribution is 8.05. The molecule has 13 heavy (non-hydrogen) atoms. The predicted molar refractivity (Wildman–Crippen MR) is 36.8 cm³/mol. The Balaban J connectivity index is 5.49. The lowest BCUT2D eigenvalue weighted by atomic mass is 11.6. The van der Waals surface area contributed by atoms with Crippen LogP contribution in [0.4, 0.5) is 8.78 Å². The summed E-state index contributed by atoms with van der Waals surface area (Å²) in [6.45, 7) is 0. The molecule has 6 nitrogen and oxygen atoms in total. The second kappa shape index (κ2) is 3.44. The van der Waals surface area contributed by atoms with Crippen LogP contribution in [0.15, 0.2) is 0 Å². The van der Waals surface area contributed by atoms with Gasteiger partial charge >= 0.3 is 24.8 Å². The van der Waals surface area contributed by atoms with Crippen molar-refractivity contribution in [2.45, 2.75) is 4.59 Å². The van der Waals surface area contributed by atoms with Crippen LogP contribution >= 0.6 is 0 Å². The van der Waals surface area contributed by atoms with Gasteiger partial charge in [0.05, 0.1) is 14.2 Å². The van der Waals surface area contributed by atoms with Gasteiger partial charge in [0.25, 0.3) is 0 Å². The normalized spacial score (nSPS) is 14.5. The van der Waals surface area contributed by atoms with Crippen molar-refractivity contribution >= 4 is 20.2 Å². The monoisotopic (exact) mass is 240 g/mol. The van der Waals surface area contributed by atoms with Gasteiger partial charge in [-0.15, -0.1) is 0 Å². The Morgan fingerprint density at radius 3 is 1.31 bits per heavy atom. The minimum Gasteiger partial charge on any atom is -0.268 e. The van der Waals surface area contributed by atoms with Gasteiger partial charge in [0.2, 0.25) is 0 Å². The molecule has 0 fully saturated rings. The first-order valence-electron chi connectivity index (χ1n) is 2.60. The molecule has 0 aromatic heterocycles. The smallest absolute Gasteiger partial charge is 0.268 e. The van der Waals surface area contributed by atoms with Gasteiger partial charge in [-0.2, -0.15) is 25.6 Å². The third-order valence-electron chi connectivity index (χ3n) is 1.02. The highest BCUT2D eigenvalue weighted by atomic mass is 32.3. The van der Waals surface area contributed by atoms with Crippen molar-refractivity contribution in [3.63, 3.8) is 0 Å². The average molecular weight is 240 g/mol. The van der Waals surface area contributed by atoms with E-state index in [4.69, 9.17) is 0 Å². The lowest BCUT2D eigenvalue weighted by Gasteiger charge is -2.13. The zero-order valence-corrected chi connectivity index (χ0v) is 8.15. The molecule has 0 aliphatic carbocycles. The SMILES string of the molecule is COS(=O)(=O)C(F)(F)S(=O)(=O)OC. The maximum absolute atomic E-state index is 12.6. The molecule has 0 rings (SSSR count). The van der Waals surface area contributed by atoms with Crippen molar-refractivity contribution in [1.82, 2.24) is 0 Å². The molecule has 0 unspecified atom stereocenters. The Kier molecular flexibility index (Phi) is 3.36. The zero-order chi connectivity index (χ0) is 10.9. The second-order valence-electron chi connectivity index (χ2n) is 1.70. The summed E-state index contributed by atoms with van der Waals surface area (Å²) in [6, 6.07) is 0. The van der Waals surface area contributed by atoms with Crippen molar-refractivity contribution in [3.8, 4) is 0 Å². The van der Waals surface area contributed by atoms with E-state index in [0.717, 1.165) is 0 Å². The molecule has 0 heterocycles. The van der Waals surface area contributed by atoms with Gasteiger partial charge in [0.1, 0.15) is 0 Å². The van der Waals surface area contributed by atoms with E-state index < -0.39 is 24.8 Å². The first-order valence-corrected chi connectivity index (χ1v) is 5.42. The van der Waals surface area contributed by atoms with E-state index in [1.54, 1.807) is 0 Å². The Hall–Kier alpha value is -0.320. The molecule has 0 atom stereocenters. The molecule has 80 valence electrons. The van der Waals surface area contributed by atoms with Gasteiger partial charge in [-0.3, -0.25) is 8.37 Å².